The number of aryl methyl sites for hydroxylation is 1. The molecule has 44 heavy (non-hydrogen) atoms. The molecule has 3 fully saturated rings. The van der Waals surface area contributed by atoms with E-state index in [4.69, 9.17) is 15.0 Å². The summed E-state index contributed by atoms with van der Waals surface area (Å²) in [7, 11) is 1.93. The normalized spacial score (nSPS) is 18.3. The fourth-order valence-electron chi connectivity index (χ4n) is 6.65. The number of fused-ring (bicyclic) bond motifs is 1. The number of imidazole rings is 1. The maximum absolute atomic E-state index is 13.5. The van der Waals surface area contributed by atoms with Crippen molar-refractivity contribution in [2.24, 2.45) is 5.41 Å². The lowest BCUT2D eigenvalue weighted by Crippen LogP contribution is -2.63. The highest BCUT2D eigenvalue weighted by Crippen LogP contribution is 2.42. The first kappa shape index (κ1) is 28.6. The Labute approximate surface area is 258 Å². The van der Waals surface area contributed by atoms with Crippen molar-refractivity contribution >= 4 is 39.7 Å². The molecule has 7 rings (SSSR count). The van der Waals surface area contributed by atoms with Gasteiger partial charge in [0.15, 0.2) is 10.8 Å². The number of aromatic nitrogens is 4. The van der Waals surface area contributed by atoms with Gasteiger partial charge in [-0.05, 0) is 48.9 Å². The predicted octanol–water partition coefficient (Wildman–Crippen LogP) is 3.30. The molecule has 0 aliphatic carbocycles. The van der Waals surface area contributed by atoms with Crippen molar-refractivity contribution in [1.29, 1.82) is 5.26 Å². The summed E-state index contributed by atoms with van der Waals surface area (Å²) in [6.45, 7) is 7.06. The number of anilines is 3. The first-order chi connectivity index (χ1) is 21.3. The number of hydrogen-bond donors (Lipinski definition) is 1. The molecule has 0 unspecified atom stereocenters. The van der Waals surface area contributed by atoms with Gasteiger partial charge in [0.25, 0.3) is 0 Å². The maximum atomic E-state index is 13.5. The molecule has 4 aromatic rings. The van der Waals surface area contributed by atoms with E-state index >= 15 is 0 Å². The van der Waals surface area contributed by atoms with Gasteiger partial charge in [0, 0.05) is 51.9 Å². The second-order valence-corrected chi connectivity index (χ2v) is 13.1. The number of amides is 1. The standard InChI is InChI=1S/C31H34FN9O2S/c1-3-23-29(37(2)30-36-28(24(12-33)44-30)20-4-6-21(32)7-5-20)41-16-26(34-13-25(41)35-23)39-10-8-31(9-11-39)18-38(19-31)17-27(43)40-14-22(42)15-40/h4-7,13,16,22,42H,3,8-11,14-15,17-19H2,1-2H3. The number of piperidine rings is 1. The SMILES string of the molecule is CCc1nc2cnc(N3CCC4(CC3)CN(CC(=O)N3CC(O)C3)C4)cn2c1N(C)c1nc(-c2ccc(F)cc2)c(C#N)s1. The summed E-state index contributed by atoms with van der Waals surface area (Å²) in [5.74, 6) is 1.53. The molecule has 11 nitrogen and oxygen atoms in total. The van der Waals surface area contributed by atoms with Crippen molar-refractivity contribution in [2.75, 3.05) is 62.7 Å². The number of benzene rings is 1. The van der Waals surface area contributed by atoms with E-state index in [1.165, 1.54) is 23.5 Å². The van der Waals surface area contributed by atoms with Crippen molar-refractivity contribution < 1.29 is 14.3 Å². The second kappa shape index (κ2) is 11.1. The van der Waals surface area contributed by atoms with Gasteiger partial charge in [-0.2, -0.15) is 5.26 Å². The lowest BCUT2D eigenvalue weighted by Gasteiger charge is -2.54. The Morgan fingerprint density at radius 2 is 1.93 bits per heavy atom. The summed E-state index contributed by atoms with van der Waals surface area (Å²) < 4.78 is 15.6. The van der Waals surface area contributed by atoms with Crippen LogP contribution in [0, 0.1) is 22.6 Å². The highest BCUT2D eigenvalue weighted by molar-refractivity contribution is 7.16. The number of carbonyl (C=O) groups excluding carboxylic acids is 1. The molecule has 1 amide bonds. The van der Waals surface area contributed by atoms with Crippen LogP contribution in [0.4, 0.5) is 21.2 Å². The summed E-state index contributed by atoms with van der Waals surface area (Å²) in [6, 6.07) is 8.28. The first-order valence-electron chi connectivity index (χ1n) is 15.0. The fraction of sp³-hybridized carbons (Fsp3) is 0.452. The Balaban J connectivity index is 1.08. The molecule has 3 saturated heterocycles. The Hall–Kier alpha value is -4.12. The minimum atomic E-state index is -0.365. The highest BCUT2D eigenvalue weighted by Gasteiger charge is 2.46. The molecule has 6 heterocycles. The third-order valence-corrected chi connectivity index (χ3v) is 10.2. The van der Waals surface area contributed by atoms with Crippen LogP contribution in [0.2, 0.25) is 0 Å². The van der Waals surface area contributed by atoms with E-state index in [-0.39, 0.29) is 23.2 Å². The van der Waals surface area contributed by atoms with Crippen LogP contribution in [0.25, 0.3) is 16.9 Å². The third-order valence-electron chi connectivity index (χ3n) is 9.15. The van der Waals surface area contributed by atoms with Crippen LogP contribution >= 0.6 is 11.3 Å². The molecule has 3 aromatic heterocycles. The van der Waals surface area contributed by atoms with Gasteiger partial charge in [-0.15, -0.1) is 0 Å². The van der Waals surface area contributed by atoms with Crippen LogP contribution < -0.4 is 9.80 Å². The van der Waals surface area contributed by atoms with Crippen LogP contribution in [0.5, 0.6) is 0 Å². The van der Waals surface area contributed by atoms with Gasteiger partial charge < -0.3 is 19.8 Å². The van der Waals surface area contributed by atoms with Crippen LogP contribution in [-0.2, 0) is 11.2 Å². The first-order valence-corrected chi connectivity index (χ1v) is 15.8. The zero-order valence-corrected chi connectivity index (χ0v) is 25.6. The molecule has 1 N–H and O–H groups in total. The number of nitrogens with zero attached hydrogens (tertiary/aromatic N) is 9. The van der Waals surface area contributed by atoms with E-state index in [2.05, 4.69) is 27.2 Å². The molecule has 0 bridgehead atoms. The van der Waals surface area contributed by atoms with Crippen molar-refractivity contribution in [3.63, 3.8) is 0 Å². The average molecular weight is 616 g/mol. The van der Waals surface area contributed by atoms with Crippen LogP contribution in [0.1, 0.15) is 30.3 Å². The largest absolute Gasteiger partial charge is 0.389 e. The fourth-order valence-corrected chi connectivity index (χ4v) is 7.50. The second-order valence-electron chi connectivity index (χ2n) is 12.1. The molecular formula is C31H34FN9O2S. The molecule has 3 aliphatic rings. The minimum absolute atomic E-state index is 0.112. The number of thiazole rings is 1. The van der Waals surface area contributed by atoms with Gasteiger partial charge in [-0.3, -0.25) is 14.1 Å². The molecule has 0 atom stereocenters. The molecule has 3 aliphatic heterocycles. The number of rotatable bonds is 7. The molecule has 1 aromatic carbocycles. The number of halogens is 1. The van der Waals surface area contributed by atoms with E-state index in [1.54, 1.807) is 17.0 Å². The Kier molecular flexibility index (Phi) is 7.23. The third kappa shape index (κ3) is 5.06. The van der Waals surface area contributed by atoms with E-state index in [9.17, 15) is 19.6 Å². The van der Waals surface area contributed by atoms with E-state index in [0.717, 1.165) is 62.0 Å². The molecule has 0 saturated carbocycles. The van der Waals surface area contributed by atoms with Gasteiger partial charge in [0.2, 0.25) is 5.91 Å². The predicted molar refractivity (Wildman–Crippen MR) is 166 cm³/mol. The molecular weight excluding hydrogens is 581 g/mol. The molecule has 228 valence electrons. The van der Waals surface area contributed by atoms with Crippen LogP contribution in [0.15, 0.2) is 36.7 Å². The van der Waals surface area contributed by atoms with Crippen molar-refractivity contribution in [2.45, 2.75) is 32.3 Å². The van der Waals surface area contributed by atoms with Gasteiger partial charge in [0.05, 0.1) is 30.7 Å². The van der Waals surface area contributed by atoms with E-state index < -0.39 is 0 Å². The van der Waals surface area contributed by atoms with Crippen LogP contribution in [0.3, 0.4) is 0 Å². The summed E-state index contributed by atoms with van der Waals surface area (Å²) in [5, 5.41) is 20.0. The smallest absolute Gasteiger partial charge is 0.236 e. The van der Waals surface area contributed by atoms with Crippen LogP contribution in [-0.4, -0.2) is 99.1 Å². The number of aliphatic hydroxyl groups is 1. The zero-order chi connectivity index (χ0) is 30.6. The van der Waals surface area contributed by atoms with Gasteiger partial charge in [-0.1, -0.05) is 18.3 Å². The Bertz CT molecular complexity index is 1740. The van der Waals surface area contributed by atoms with Gasteiger partial charge in [-0.25, -0.2) is 19.3 Å². The number of nitriles is 1. The zero-order valence-electron chi connectivity index (χ0n) is 24.8. The van der Waals surface area contributed by atoms with Gasteiger partial charge >= 0.3 is 0 Å². The Morgan fingerprint density at radius 3 is 2.59 bits per heavy atom. The summed E-state index contributed by atoms with van der Waals surface area (Å²) in [6.07, 6.45) is 6.28. The van der Waals surface area contributed by atoms with Gasteiger partial charge in [0.1, 0.15) is 34.1 Å². The van der Waals surface area contributed by atoms with E-state index in [0.29, 0.717) is 47.3 Å². The Morgan fingerprint density at radius 1 is 1.20 bits per heavy atom. The molecule has 0 radical (unpaired) electrons. The molecule has 13 heteroatoms. The number of β-amino-alcohol motifs (C(OH)–C–C–N with tert-alkyl or cyclic N) is 1. The lowest BCUT2D eigenvalue weighted by atomic mass is 9.72. The summed E-state index contributed by atoms with van der Waals surface area (Å²) in [4.78, 5) is 35.5. The quantitative estimate of drug-likeness (QED) is 0.334. The number of aliphatic hydroxyl groups excluding tert-OH is 1. The summed E-state index contributed by atoms with van der Waals surface area (Å²) in [5.41, 5.74) is 3.12. The minimum Gasteiger partial charge on any atom is -0.389 e. The summed E-state index contributed by atoms with van der Waals surface area (Å²) >= 11 is 1.30. The highest BCUT2D eigenvalue weighted by atomic mass is 32.1. The maximum Gasteiger partial charge on any atom is 0.236 e. The van der Waals surface area contributed by atoms with Crippen molar-refractivity contribution in [1.82, 2.24) is 29.2 Å². The van der Waals surface area contributed by atoms with Crippen molar-refractivity contribution in [3.05, 3.63) is 53.0 Å². The van der Waals surface area contributed by atoms with Crippen molar-refractivity contribution in [3.8, 4) is 17.3 Å². The molecule has 1 spiro atoms. The monoisotopic (exact) mass is 615 g/mol. The topological polar surface area (TPSA) is 117 Å². The average Bonchev–Trinajstić information content (AvgIpc) is 3.60. The lowest BCUT2D eigenvalue weighted by molar-refractivity contribution is -0.146. The number of carbonyl (C=O) groups is 1. The van der Waals surface area contributed by atoms with E-state index in [1.807, 2.05) is 24.3 Å². The number of likely N-dealkylation sites (tertiary alicyclic amines) is 2. The number of hydrogen-bond acceptors (Lipinski definition) is 10.